The summed E-state index contributed by atoms with van der Waals surface area (Å²) in [6.45, 7) is 0.433. The zero-order chi connectivity index (χ0) is 44.6. The number of aliphatic hydroxyl groups is 1. The first kappa shape index (κ1) is 43.5. The fourth-order valence-corrected chi connectivity index (χ4v) is 8.92. The van der Waals surface area contributed by atoms with Gasteiger partial charge in [-0.2, -0.15) is 0 Å². The number of hydrogen-bond donors (Lipinski definition) is 4. The lowest BCUT2D eigenvalue weighted by Gasteiger charge is -2.30. The van der Waals surface area contributed by atoms with Crippen molar-refractivity contribution in [2.75, 3.05) is 20.3 Å². The molecule has 5 atom stereocenters. The third-order valence-electron chi connectivity index (χ3n) is 11.2. The lowest BCUT2D eigenvalue weighted by molar-refractivity contribution is -0.145. The number of methoxy groups -OCH3 is 1. The molecule has 6 aromatic rings. The van der Waals surface area contributed by atoms with Gasteiger partial charge in [0.05, 0.1) is 31.5 Å². The number of nitrogens with zero attached hydrogens (tertiary/aromatic N) is 4. The van der Waals surface area contributed by atoms with E-state index in [2.05, 4.69) is 26.3 Å². The van der Waals surface area contributed by atoms with Crippen molar-refractivity contribution < 1.29 is 43.3 Å². The molecule has 16 nitrogen and oxygen atoms in total. The molecule has 0 saturated carbocycles. The number of amides is 4. The van der Waals surface area contributed by atoms with Gasteiger partial charge < -0.3 is 40.2 Å². The van der Waals surface area contributed by atoms with Gasteiger partial charge in [0.25, 0.3) is 5.91 Å². The molecule has 3 aliphatic heterocycles. The summed E-state index contributed by atoms with van der Waals surface area (Å²) in [6.07, 6.45) is 0.700. The van der Waals surface area contributed by atoms with Gasteiger partial charge in [-0.15, -0.1) is 16.4 Å². The highest BCUT2D eigenvalue weighted by molar-refractivity contribution is 7.17. The summed E-state index contributed by atoms with van der Waals surface area (Å²) in [4.78, 5) is 72.2. The van der Waals surface area contributed by atoms with Crippen molar-refractivity contribution in [1.82, 2.24) is 35.8 Å². The molecule has 4 amide bonds. The standard InChI is InChI=1S/C47H47N7O9S/c1-61-47(60)39-22-30-15-17-34(18-16-30)62-20-19-53-25-32(51-52-53)27-63-41-13-7-5-12-36(41)43(56)49-38(21-29-9-3-2-4-10-29)46(59)54-26-33(55)24-40(54)45(58)48-37(44(57)50-39)23-31-28-64-42-14-8-6-11-35(31)42/h2-18,25,28,33,37-40,55H,19-24,26-27H2,1H3,(H,48,58)(H,49,56)(H,50,57)/t33-,37-,38+,39-,40+/m0/s1. The van der Waals surface area contributed by atoms with E-state index >= 15 is 0 Å². The van der Waals surface area contributed by atoms with Crippen LogP contribution in [0.5, 0.6) is 11.5 Å². The number of thiophene rings is 1. The van der Waals surface area contributed by atoms with Crippen LogP contribution in [0.15, 0.2) is 115 Å². The number of aromatic nitrogens is 3. The van der Waals surface area contributed by atoms with Crippen LogP contribution in [0.3, 0.4) is 0 Å². The fraction of sp³-hybridized carbons (Fsp3) is 0.298. The second-order valence-corrected chi connectivity index (χ2v) is 16.6. The minimum atomic E-state index is -1.22. The van der Waals surface area contributed by atoms with Crippen molar-refractivity contribution >= 4 is 51.0 Å². The summed E-state index contributed by atoms with van der Waals surface area (Å²) in [5.41, 5.74) is 2.90. The second kappa shape index (κ2) is 19.9. The van der Waals surface area contributed by atoms with Crippen LogP contribution in [0.25, 0.3) is 10.1 Å². The minimum absolute atomic E-state index is 0.00496. The van der Waals surface area contributed by atoms with E-state index in [9.17, 15) is 29.1 Å². The number of nitrogens with one attached hydrogen (secondary N) is 3. The lowest BCUT2D eigenvalue weighted by atomic mass is 10.0. The minimum Gasteiger partial charge on any atom is -0.492 e. The van der Waals surface area contributed by atoms with E-state index in [1.165, 1.54) is 23.3 Å². The molecule has 3 aliphatic rings. The van der Waals surface area contributed by atoms with Gasteiger partial charge in [-0.1, -0.05) is 78.0 Å². The van der Waals surface area contributed by atoms with Crippen molar-refractivity contribution in [2.24, 2.45) is 0 Å². The summed E-state index contributed by atoms with van der Waals surface area (Å²) in [5, 5.41) is 30.8. The highest BCUT2D eigenvalue weighted by Crippen LogP contribution is 2.28. The number of aliphatic hydroxyl groups excluding tert-OH is 1. The molecule has 5 heterocycles. The largest absolute Gasteiger partial charge is 0.492 e. The molecule has 4 aromatic carbocycles. The van der Waals surface area contributed by atoms with Gasteiger partial charge in [0.2, 0.25) is 17.7 Å². The Balaban J connectivity index is 1.13. The predicted octanol–water partition coefficient (Wildman–Crippen LogP) is 3.40. The van der Waals surface area contributed by atoms with Crippen LogP contribution in [0.4, 0.5) is 0 Å². The number of carbonyl (C=O) groups excluding carboxylic acids is 5. The molecule has 0 radical (unpaired) electrons. The van der Waals surface area contributed by atoms with Crippen LogP contribution in [0, 0.1) is 0 Å². The average Bonchev–Trinajstić information content (AvgIpc) is 4.06. The average molecular weight is 886 g/mol. The Kier molecular flexibility index (Phi) is 13.6. The maximum atomic E-state index is 14.7. The maximum absolute atomic E-state index is 14.7. The Morgan fingerprint density at radius 3 is 2.44 bits per heavy atom. The van der Waals surface area contributed by atoms with Crippen molar-refractivity contribution in [1.29, 1.82) is 0 Å². The first-order valence-corrected chi connectivity index (χ1v) is 21.8. The summed E-state index contributed by atoms with van der Waals surface area (Å²) >= 11 is 1.49. The van der Waals surface area contributed by atoms with Crippen LogP contribution < -0.4 is 25.4 Å². The summed E-state index contributed by atoms with van der Waals surface area (Å²) in [6, 6.07) is 25.8. The van der Waals surface area contributed by atoms with E-state index in [1.54, 1.807) is 59.4 Å². The van der Waals surface area contributed by atoms with Gasteiger partial charge in [-0.25, -0.2) is 9.48 Å². The SMILES string of the molecule is COC(=O)[C@@H]1Cc2ccc(cc2)OCCn2cc(nn2)COc2ccccc2C(=O)N[C@H](Cc2ccccc2)C(=O)N2C[C@@H](O)C[C@@H]2C(=O)N[C@@H](Cc2csc3ccccc23)C(=O)N1. The van der Waals surface area contributed by atoms with Gasteiger partial charge >= 0.3 is 5.97 Å². The molecule has 64 heavy (non-hydrogen) atoms. The first-order chi connectivity index (χ1) is 31.1. The van der Waals surface area contributed by atoms with Crippen LogP contribution in [0.1, 0.15) is 39.2 Å². The number of carbonyl (C=O) groups is 5. The lowest BCUT2D eigenvalue weighted by Crippen LogP contribution is -2.58. The first-order valence-electron chi connectivity index (χ1n) is 20.9. The summed E-state index contributed by atoms with van der Waals surface area (Å²) in [7, 11) is 1.23. The van der Waals surface area contributed by atoms with Crippen molar-refractivity contribution in [2.45, 2.75) is 69.1 Å². The van der Waals surface area contributed by atoms with Crippen molar-refractivity contribution in [3.05, 3.63) is 143 Å². The molecule has 4 N–H and O–H groups in total. The third-order valence-corrected chi connectivity index (χ3v) is 12.2. The number of fused-ring (bicyclic) bond motifs is 15. The van der Waals surface area contributed by atoms with E-state index in [-0.39, 0.29) is 56.8 Å². The molecule has 2 aromatic heterocycles. The topological polar surface area (TPSA) is 203 Å². The summed E-state index contributed by atoms with van der Waals surface area (Å²) < 4.78 is 19.7. The number of esters is 1. The number of rotatable bonds is 5. The molecule has 4 bridgehead atoms. The Morgan fingerprint density at radius 1 is 0.859 bits per heavy atom. The quantitative estimate of drug-likeness (QED) is 0.185. The molecular weight excluding hydrogens is 839 g/mol. The third kappa shape index (κ3) is 10.4. The molecule has 0 spiro atoms. The molecule has 1 saturated heterocycles. The Morgan fingerprint density at radius 2 is 1.62 bits per heavy atom. The normalized spacial score (nSPS) is 21.3. The van der Waals surface area contributed by atoms with Crippen LogP contribution >= 0.6 is 11.3 Å². The molecule has 330 valence electrons. The van der Waals surface area contributed by atoms with Crippen molar-refractivity contribution in [3.63, 3.8) is 0 Å². The highest BCUT2D eigenvalue weighted by Gasteiger charge is 2.43. The Hall–Kier alpha value is -7.11. The fourth-order valence-electron chi connectivity index (χ4n) is 7.95. The van der Waals surface area contributed by atoms with E-state index in [0.29, 0.717) is 23.6 Å². The van der Waals surface area contributed by atoms with E-state index < -0.39 is 59.9 Å². The second-order valence-electron chi connectivity index (χ2n) is 15.7. The number of benzene rings is 4. The molecule has 1 fully saturated rings. The van der Waals surface area contributed by atoms with Gasteiger partial charge in [-0.3, -0.25) is 19.2 Å². The van der Waals surface area contributed by atoms with Gasteiger partial charge in [0.15, 0.2) is 0 Å². The molecular formula is C47H47N7O9S. The van der Waals surface area contributed by atoms with E-state index in [0.717, 1.165) is 21.2 Å². The number of hydrogen-bond acceptors (Lipinski definition) is 12. The van der Waals surface area contributed by atoms with Crippen molar-refractivity contribution in [3.8, 4) is 11.5 Å². The zero-order valence-corrected chi connectivity index (χ0v) is 35.7. The molecule has 0 aliphatic carbocycles. The van der Waals surface area contributed by atoms with E-state index in [4.69, 9.17) is 14.2 Å². The van der Waals surface area contributed by atoms with Crippen LogP contribution in [0.2, 0.25) is 0 Å². The Labute approximate surface area is 372 Å². The van der Waals surface area contributed by atoms with Gasteiger partial charge in [0, 0.05) is 36.9 Å². The van der Waals surface area contributed by atoms with E-state index in [1.807, 2.05) is 60.0 Å². The Bertz CT molecular complexity index is 2620. The highest BCUT2D eigenvalue weighted by atomic mass is 32.1. The number of ether oxygens (including phenoxy) is 3. The molecule has 9 rings (SSSR count). The predicted molar refractivity (Wildman–Crippen MR) is 235 cm³/mol. The van der Waals surface area contributed by atoms with Crippen LogP contribution in [-0.4, -0.2) is 105 Å². The number of para-hydroxylation sites is 1. The van der Waals surface area contributed by atoms with Crippen LogP contribution in [-0.2, 0) is 56.3 Å². The summed E-state index contributed by atoms with van der Waals surface area (Å²) in [5.74, 6) is -2.42. The van der Waals surface area contributed by atoms with Gasteiger partial charge in [-0.05, 0) is 57.8 Å². The van der Waals surface area contributed by atoms with Gasteiger partial charge in [0.1, 0.15) is 54.6 Å². The smallest absolute Gasteiger partial charge is 0.328 e. The maximum Gasteiger partial charge on any atom is 0.328 e. The monoisotopic (exact) mass is 885 g/mol. The zero-order valence-electron chi connectivity index (χ0n) is 34.9. The molecule has 17 heteroatoms. The molecule has 0 unspecified atom stereocenters.